The first-order chi connectivity index (χ1) is 14.5. The summed E-state index contributed by atoms with van der Waals surface area (Å²) in [4.78, 5) is 24.0. The lowest BCUT2D eigenvalue weighted by molar-refractivity contribution is -0.135. The lowest BCUT2D eigenvalue weighted by Gasteiger charge is -2.38. The van der Waals surface area contributed by atoms with E-state index in [0.29, 0.717) is 36.6 Å². The molecule has 1 aromatic carbocycles. The second-order valence-electron chi connectivity index (χ2n) is 9.12. The van der Waals surface area contributed by atoms with E-state index in [4.69, 9.17) is 4.52 Å². The molecular formula is C23H33N5O2. The quantitative estimate of drug-likeness (QED) is 0.754. The number of carbonyl (C=O) groups excluding carboxylic acids is 1. The Hall–Kier alpha value is -2.25. The number of rotatable bonds is 5. The third-order valence-corrected chi connectivity index (χ3v) is 6.26. The topological polar surface area (TPSA) is 65.7 Å². The molecule has 2 aliphatic rings. The minimum atomic E-state index is 0.279. The smallest absolute Gasteiger partial charge is 0.241 e. The van der Waals surface area contributed by atoms with Crippen LogP contribution in [0.25, 0.3) is 11.4 Å². The highest BCUT2D eigenvalue weighted by Gasteiger charge is 2.27. The fraction of sp³-hybridized carbons (Fsp3) is 0.609. The van der Waals surface area contributed by atoms with Crippen LogP contribution in [0.3, 0.4) is 0 Å². The Kier molecular flexibility index (Phi) is 6.49. The standard InChI is InChI=1S/C23H33N5O2/c1-17-12-18(2)14-28(13-17)22(29)16-27-10-8-26(9-11-27)15-21-24-23(25-30-21)20-7-5-4-6-19(20)3/h4-7,17-18H,8-16H2,1-3H3. The number of piperazine rings is 1. The van der Waals surface area contributed by atoms with Crippen molar-refractivity contribution >= 4 is 5.91 Å². The van der Waals surface area contributed by atoms with Gasteiger partial charge in [0.15, 0.2) is 0 Å². The summed E-state index contributed by atoms with van der Waals surface area (Å²) in [5, 5.41) is 4.16. The van der Waals surface area contributed by atoms with E-state index in [2.05, 4.69) is 51.7 Å². The van der Waals surface area contributed by atoms with E-state index in [1.807, 2.05) is 18.2 Å². The molecule has 0 N–H and O–H groups in total. The summed E-state index contributed by atoms with van der Waals surface area (Å²) in [5.41, 5.74) is 2.15. The Morgan fingerprint density at radius 1 is 1.07 bits per heavy atom. The van der Waals surface area contributed by atoms with Crippen LogP contribution in [0.1, 0.15) is 31.7 Å². The minimum absolute atomic E-state index is 0.279. The normalized spacial score (nSPS) is 23.6. The molecule has 2 fully saturated rings. The fourth-order valence-corrected chi connectivity index (χ4v) is 4.71. The third kappa shape index (κ3) is 5.08. The molecule has 4 rings (SSSR count). The molecule has 2 aliphatic heterocycles. The molecule has 2 aromatic rings. The Morgan fingerprint density at radius 3 is 2.43 bits per heavy atom. The van der Waals surface area contributed by atoms with Crippen LogP contribution in [0.4, 0.5) is 0 Å². The van der Waals surface area contributed by atoms with Gasteiger partial charge in [0, 0.05) is 44.8 Å². The van der Waals surface area contributed by atoms with Crippen LogP contribution in [-0.2, 0) is 11.3 Å². The van der Waals surface area contributed by atoms with Gasteiger partial charge < -0.3 is 9.42 Å². The molecule has 0 aliphatic carbocycles. The van der Waals surface area contributed by atoms with Crippen LogP contribution in [0.15, 0.2) is 28.8 Å². The Labute approximate surface area is 179 Å². The van der Waals surface area contributed by atoms with Crippen molar-refractivity contribution in [1.82, 2.24) is 24.8 Å². The third-order valence-electron chi connectivity index (χ3n) is 6.26. The van der Waals surface area contributed by atoms with Gasteiger partial charge >= 0.3 is 0 Å². The average Bonchev–Trinajstić information content (AvgIpc) is 3.17. The van der Waals surface area contributed by atoms with Crippen LogP contribution < -0.4 is 0 Å². The van der Waals surface area contributed by atoms with E-state index >= 15 is 0 Å². The fourth-order valence-electron chi connectivity index (χ4n) is 4.71. The molecule has 1 amide bonds. The van der Waals surface area contributed by atoms with Crippen molar-refractivity contribution in [3.05, 3.63) is 35.7 Å². The van der Waals surface area contributed by atoms with Gasteiger partial charge in [0.05, 0.1) is 13.1 Å². The van der Waals surface area contributed by atoms with Crippen LogP contribution in [0, 0.1) is 18.8 Å². The van der Waals surface area contributed by atoms with Crippen molar-refractivity contribution in [2.45, 2.75) is 33.7 Å². The highest BCUT2D eigenvalue weighted by atomic mass is 16.5. The van der Waals surface area contributed by atoms with Gasteiger partial charge in [0.1, 0.15) is 0 Å². The van der Waals surface area contributed by atoms with Gasteiger partial charge in [0.25, 0.3) is 0 Å². The number of aromatic nitrogens is 2. The highest BCUT2D eigenvalue weighted by molar-refractivity contribution is 5.78. The first-order valence-corrected chi connectivity index (χ1v) is 11.1. The molecule has 2 unspecified atom stereocenters. The van der Waals surface area contributed by atoms with E-state index in [-0.39, 0.29) is 5.91 Å². The molecule has 0 radical (unpaired) electrons. The lowest BCUT2D eigenvalue weighted by Crippen LogP contribution is -2.51. The maximum Gasteiger partial charge on any atom is 0.241 e. The predicted molar refractivity (Wildman–Crippen MR) is 116 cm³/mol. The zero-order valence-electron chi connectivity index (χ0n) is 18.4. The number of amides is 1. The van der Waals surface area contributed by atoms with Crippen LogP contribution in [0.5, 0.6) is 0 Å². The van der Waals surface area contributed by atoms with Crippen LogP contribution >= 0.6 is 0 Å². The molecule has 162 valence electrons. The van der Waals surface area contributed by atoms with E-state index < -0.39 is 0 Å². The summed E-state index contributed by atoms with van der Waals surface area (Å²) in [6.45, 7) is 13.1. The van der Waals surface area contributed by atoms with Gasteiger partial charge in [-0.2, -0.15) is 4.98 Å². The predicted octanol–water partition coefficient (Wildman–Crippen LogP) is 2.67. The van der Waals surface area contributed by atoms with Crippen molar-refractivity contribution in [2.24, 2.45) is 11.8 Å². The zero-order chi connectivity index (χ0) is 21.1. The number of benzene rings is 1. The molecular weight excluding hydrogens is 378 g/mol. The number of piperidine rings is 1. The monoisotopic (exact) mass is 411 g/mol. The number of carbonyl (C=O) groups is 1. The number of hydrogen-bond donors (Lipinski definition) is 0. The first-order valence-electron chi connectivity index (χ1n) is 11.1. The zero-order valence-corrected chi connectivity index (χ0v) is 18.4. The van der Waals surface area contributed by atoms with Gasteiger partial charge in [-0.3, -0.25) is 14.6 Å². The summed E-state index contributed by atoms with van der Waals surface area (Å²) >= 11 is 0. The van der Waals surface area contributed by atoms with Gasteiger partial charge in [-0.05, 0) is 30.7 Å². The maximum atomic E-state index is 12.7. The molecule has 0 saturated carbocycles. The summed E-state index contributed by atoms with van der Waals surface area (Å²) in [5.74, 6) is 2.79. The van der Waals surface area contributed by atoms with Crippen LogP contribution in [-0.4, -0.2) is 76.6 Å². The molecule has 2 saturated heterocycles. The van der Waals surface area contributed by atoms with Gasteiger partial charge in [-0.1, -0.05) is 43.3 Å². The summed E-state index contributed by atoms with van der Waals surface area (Å²) in [6, 6.07) is 8.07. The minimum Gasteiger partial charge on any atom is -0.341 e. The van der Waals surface area contributed by atoms with Gasteiger partial charge in [-0.25, -0.2) is 0 Å². The van der Waals surface area contributed by atoms with Crippen molar-refractivity contribution in [2.75, 3.05) is 45.8 Å². The van der Waals surface area contributed by atoms with E-state index in [1.54, 1.807) is 0 Å². The number of likely N-dealkylation sites (tertiary alicyclic amines) is 1. The molecule has 2 atom stereocenters. The number of aryl methyl sites for hydroxylation is 1. The summed E-state index contributed by atoms with van der Waals surface area (Å²) < 4.78 is 5.49. The second-order valence-corrected chi connectivity index (χ2v) is 9.12. The van der Waals surface area contributed by atoms with Crippen molar-refractivity contribution in [3.63, 3.8) is 0 Å². The summed E-state index contributed by atoms with van der Waals surface area (Å²) in [7, 11) is 0. The molecule has 1 aromatic heterocycles. The summed E-state index contributed by atoms with van der Waals surface area (Å²) in [6.07, 6.45) is 1.23. The number of nitrogens with zero attached hydrogens (tertiary/aromatic N) is 5. The molecule has 7 nitrogen and oxygen atoms in total. The van der Waals surface area contributed by atoms with Crippen molar-refractivity contribution < 1.29 is 9.32 Å². The number of hydrogen-bond acceptors (Lipinski definition) is 6. The molecule has 7 heteroatoms. The largest absolute Gasteiger partial charge is 0.341 e. The molecule has 0 bridgehead atoms. The van der Waals surface area contributed by atoms with Crippen molar-refractivity contribution in [3.8, 4) is 11.4 Å². The van der Waals surface area contributed by atoms with E-state index in [9.17, 15) is 4.79 Å². The first kappa shape index (κ1) is 21.0. The highest BCUT2D eigenvalue weighted by Crippen LogP contribution is 2.22. The molecule has 30 heavy (non-hydrogen) atoms. The van der Waals surface area contributed by atoms with Crippen LogP contribution in [0.2, 0.25) is 0 Å². The van der Waals surface area contributed by atoms with Gasteiger partial charge in [0.2, 0.25) is 17.6 Å². The molecule has 0 spiro atoms. The Balaban J connectivity index is 1.25. The molecule has 3 heterocycles. The second kappa shape index (κ2) is 9.27. The maximum absolute atomic E-state index is 12.7. The van der Waals surface area contributed by atoms with E-state index in [1.165, 1.54) is 6.42 Å². The lowest BCUT2D eigenvalue weighted by atomic mass is 9.92. The Bertz CT molecular complexity index is 849. The van der Waals surface area contributed by atoms with E-state index in [0.717, 1.165) is 50.4 Å². The SMILES string of the molecule is Cc1ccccc1-c1noc(CN2CCN(CC(=O)N3CC(C)CC(C)C3)CC2)n1. The van der Waals surface area contributed by atoms with Crippen molar-refractivity contribution in [1.29, 1.82) is 0 Å². The van der Waals surface area contributed by atoms with Gasteiger partial charge in [-0.15, -0.1) is 0 Å². The average molecular weight is 412 g/mol. The Morgan fingerprint density at radius 2 is 1.73 bits per heavy atom.